The molecule has 0 bridgehead atoms. The number of rotatable bonds is 7. The third-order valence-electron chi connectivity index (χ3n) is 5.25. The Bertz CT molecular complexity index is 1290. The minimum atomic E-state index is -1.31. The molecule has 0 amide bonds. The largest absolute Gasteiger partial charge is 0.465 e. The third-order valence-corrected chi connectivity index (χ3v) is 5.25. The van der Waals surface area contributed by atoms with Crippen LogP contribution < -0.4 is 0 Å². The smallest absolute Gasteiger partial charge is 0.344 e. The molecule has 3 rings (SSSR count). The van der Waals surface area contributed by atoms with Crippen molar-refractivity contribution in [3.8, 4) is 5.69 Å². The van der Waals surface area contributed by atoms with E-state index in [4.69, 9.17) is 14.2 Å². The minimum absolute atomic E-state index is 0.0895. The van der Waals surface area contributed by atoms with Crippen LogP contribution in [0.5, 0.6) is 0 Å². The Labute approximate surface area is 199 Å². The van der Waals surface area contributed by atoms with Gasteiger partial charge in [-0.25, -0.2) is 23.2 Å². The third kappa shape index (κ3) is 5.11. The predicted molar refractivity (Wildman–Crippen MR) is 119 cm³/mol. The molecule has 2 aromatic carbocycles. The number of aromatic nitrogens is 1. The number of hydrogen-bond donors (Lipinski definition) is 0. The van der Waals surface area contributed by atoms with Gasteiger partial charge in [-0.15, -0.1) is 0 Å². The lowest BCUT2D eigenvalue weighted by Crippen LogP contribution is -2.17. The molecule has 0 saturated heterocycles. The molecule has 3 aromatic rings. The van der Waals surface area contributed by atoms with Gasteiger partial charge in [-0.05, 0) is 50.2 Å². The summed E-state index contributed by atoms with van der Waals surface area (Å²) in [4.78, 5) is 49.1. The fourth-order valence-electron chi connectivity index (χ4n) is 3.63. The second-order valence-electron chi connectivity index (χ2n) is 7.47. The van der Waals surface area contributed by atoms with E-state index >= 15 is 0 Å². The molecule has 0 radical (unpaired) electrons. The highest BCUT2D eigenvalue weighted by Gasteiger charge is 2.23. The number of benzene rings is 2. The van der Waals surface area contributed by atoms with Gasteiger partial charge in [0.05, 0.1) is 25.3 Å². The Morgan fingerprint density at radius 2 is 1.37 bits per heavy atom. The Morgan fingerprint density at radius 1 is 0.829 bits per heavy atom. The summed E-state index contributed by atoms with van der Waals surface area (Å²) < 4.78 is 43.5. The van der Waals surface area contributed by atoms with E-state index in [9.17, 15) is 28.0 Å². The molecule has 0 N–H and O–H groups in total. The van der Waals surface area contributed by atoms with Crippen LogP contribution in [-0.2, 0) is 14.2 Å². The molecule has 182 valence electrons. The highest BCUT2D eigenvalue weighted by molar-refractivity contribution is 6.01. The van der Waals surface area contributed by atoms with Crippen molar-refractivity contribution >= 4 is 23.7 Å². The number of Topliss-reactive ketones (excluding diaryl/α,β-unsaturated/α-hetero) is 1. The van der Waals surface area contributed by atoms with Crippen LogP contribution >= 0.6 is 0 Å². The molecule has 1 aromatic heterocycles. The average molecular weight is 485 g/mol. The lowest BCUT2D eigenvalue weighted by Gasteiger charge is -2.13. The van der Waals surface area contributed by atoms with Gasteiger partial charge in [0.15, 0.2) is 6.61 Å². The Kier molecular flexibility index (Phi) is 7.43. The van der Waals surface area contributed by atoms with E-state index in [1.807, 2.05) is 0 Å². The normalized spacial score (nSPS) is 10.6. The van der Waals surface area contributed by atoms with Gasteiger partial charge in [-0.3, -0.25) is 4.79 Å². The van der Waals surface area contributed by atoms with Crippen LogP contribution in [0.4, 0.5) is 8.78 Å². The number of ketones is 1. The van der Waals surface area contributed by atoms with E-state index in [1.165, 1.54) is 38.5 Å². The summed E-state index contributed by atoms with van der Waals surface area (Å²) >= 11 is 0. The number of hydrogen-bond acceptors (Lipinski definition) is 7. The Hall–Kier alpha value is -4.34. The molecular weight excluding hydrogens is 464 g/mol. The first-order chi connectivity index (χ1) is 16.6. The SMILES string of the molecule is COC(=O)c1cc(C(=O)OC)cc(-n2c(C)cc(C(=O)COC(=O)c3c(F)cccc3F)c2C)c1. The van der Waals surface area contributed by atoms with E-state index < -0.39 is 47.5 Å². The molecule has 0 fully saturated rings. The van der Waals surface area contributed by atoms with Gasteiger partial charge in [-0.1, -0.05) is 6.07 Å². The van der Waals surface area contributed by atoms with Crippen molar-refractivity contribution in [2.45, 2.75) is 13.8 Å². The topological polar surface area (TPSA) is 101 Å². The number of carbonyl (C=O) groups excluding carboxylic acids is 4. The van der Waals surface area contributed by atoms with Crippen molar-refractivity contribution in [3.63, 3.8) is 0 Å². The zero-order valence-corrected chi connectivity index (χ0v) is 19.3. The van der Waals surface area contributed by atoms with Crippen molar-refractivity contribution < 1.29 is 42.2 Å². The number of carbonyl (C=O) groups is 4. The molecule has 0 aliphatic heterocycles. The lowest BCUT2D eigenvalue weighted by molar-refractivity contribution is 0.0464. The van der Waals surface area contributed by atoms with Gasteiger partial charge in [0.1, 0.15) is 17.2 Å². The summed E-state index contributed by atoms with van der Waals surface area (Å²) in [5, 5.41) is 0. The molecule has 8 nitrogen and oxygen atoms in total. The van der Waals surface area contributed by atoms with Crippen LogP contribution in [-0.4, -0.2) is 49.1 Å². The van der Waals surface area contributed by atoms with Gasteiger partial charge in [0, 0.05) is 22.6 Å². The molecule has 1 heterocycles. The number of nitrogens with zero attached hydrogens (tertiary/aromatic N) is 1. The molecule has 0 atom stereocenters. The summed E-state index contributed by atoms with van der Waals surface area (Å²) in [5.74, 6) is -5.49. The number of ether oxygens (including phenoxy) is 3. The van der Waals surface area contributed by atoms with E-state index in [0.717, 1.165) is 18.2 Å². The zero-order chi connectivity index (χ0) is 25.9. The first-order valence-electron chi connectivity index (χ1n) is 10.2. The fourth-order valence-corrected chi connectivity index (χ4v) is 3.63. The fraction of sp³-hybridized carbons (Fsp3) is 0.200. The molecule has 0 saturated carbocycles. The van der Waals surface area contributed by atoms with Crippen LogP contribution in [0.1, 0.15) is 52.8 Å². The average Bonchev–Trinajstić information content (AvgIpc) is 3.14. The molecule has 0 unspecified atom stereocenters. The molecular formula is C25H21F2NO7. The van der Waals surface area contributed by atoms with Gasteiger partial charge in [0.25, 0.3) is 0 Å². The number of aryl methyl sites for hydroxylation is 1. The predicted octanol–water partition coefficient (Wildman–Crippen LogP) is 3.99. The Balaban J connectivity index is 1.93. The van der Waals surface area contributed by atoms with E-state index in [0.29, 0.717) is 17.1 Å². The summed E-state index contributed by atoms with van der Waals surface area (Å²) in [7, 11) is 2.40. The Morgan fingerprint density at radius 3 is 1.89 bits per heavy atom. The maximum Gasteiger partial charge on any atom is 0.344 e. The first-order valence-corrected chi connectivity index (χ1v) is 10.2. The first kappa shape index (κ1) is 25.3. The quantitative estimate of drug-likeness (QED) is 0.283. The maximum atomic E-state index is 13.8. The number of halogens is 2. The maximum absolute atomic E-state index is 13.8. The zero-order valence-electron chi connectivity index (χ0n) is 19.3. The summed E-state index contributed by atoms with van der Waals surface area (Å²) in [6, 6.07) is 8.71. The monoisotopic (exact) mass is 485 g/mol. The van der Waals surface area contributed by atoms with Gasteiger partial charge >= 0.3 is 17.9 Å². The molecule has 0 spiro atoms. The highest BCUT2D eigenvalue weighted by Crippen LogP contribution is 2.24. The lowest BCUT2D eigenvalue weighted by atomic mass is 10.1. The highest BCUT2D eigenvalue weighted by atomic mass is 19.1. The van der Waals surface area contributed by atoms with Crippen LogP contribution in [0.15, 0.2) is 42.5 Å². The van der Waals surface area contributed by atoms with Crippen molar-refractivity contribution in [1.82, 2.24) is 4.57 Å². The second-order valence-corrected chi connectivity index (χ2v) is 7.47. The van der Waals surface area contributed by atoms with Crippen molar-refractivity contribution in [2.75, 3.05) is 20.8 Å². The molecule has 35 heavy (non-hydrogen) atoms. The minimum Gasteiger partial charge on any atom is -0.465 e. The number of methoxy groups -OCH3 is 2. The van der Waals surface area contributed by atoms with Crippen molar-refractivity contribution in [1.29, 1.82) is 0 Å². The summed E-state index contributed by atoms with van der Waals surface area (Å²) in [6.45, 7) is 2.54. The van der Waals surface area contributed by atoms with Gasteiger partial charge in [-0.2, -0.15) is 0 Å². The second kappa shape index (κ2) is 10.3. The molecule has 10 heteroatoms. The van der Waals surface area contributed by atoms with E-state index in [-0.39, 0.29) is 16.7 Å². The van der Waals surface area contributed by atoms with Crippen LogP contribution in [0, 0.1) is 25.5 Å². The van der Waals surface area contributed by atoms with Crippen LogP contribution in [0.25, 0.3) is 5.69 Å². The van der Waals surface area contributed by atoms with Gasteiger partial charge in [0.2, 0.25) is 5.78 Å². The molecule has 0 aliphatic carbocycles. The van der Waals surface area contributed by atoms with Crippen LogP contribution in [0.2, 0.25) is 0 Å². The van der Waals surface area contributed by atoms with Crippen LogP contribution in [0.3, 0.4) is 0 Å². The standard InChI is InChI=1S/C25H21F2NO7/c1-13-8-18(21(29)12-35-25(32)22-19(26)6-5-7-20(22)27)14(2)28(13)17-10-15(23(30)33-3)9-16(11-17)24(31)34-4/h5-11H,12H2,1-4H3. The molecule has 0 aliphatic rings. The van der Waals surface area contributed by atoms with E-state index in [1.54, 1.807) is 18.4 Å². The van der Waals surface area contributed by atoms with Gasteiger partial charge < -0.3 is 18.8 Å². The van der Waals surface area contributed by atoms with Crippen molar-refractivity contribution in [2.24, 2.45) is 0 Å². The number of esters is 3. The summed E-state index contributed by atoms with van der Waals surface area (Å²) in [5.41, 5.74) is 0.827. The van der Waals surface area contributed by atoms with E-state index in [2.05, 4.69) is 0 Å². The van der Waals surface area contributed by atoms with Crippen molar-refractivity contribution in [3.05, 3.63) is 87.7 Å². The summed E-state index contributed by atoms with van der Waals surface area (Å²) in [6.07, 6.45) is 0.